The number of carbonyl (C=O) groups excluding carboxylic acids is 2. The maximum atomic E-state index is 12.9. The quantitative estimate of drug-likeness (QED) is 0.726. The van der Waals surface area contributed by atoms with Gasteiger partial charge in [-0.15, -0.1) is 0 Å². The van der Waals surface area contributed by atoms with Gasteiger partial charge in [-0.2, -0.15) is 0 Å². The maximum absolute atomic E-state index is 12.9. The minimum absolute atomic E-state index is 0.00786. The Labute approximate surface area is 139 Å². The Balaban J connectivity index is 1.72. The van der Waals surface area contributed by atoms with Crippen molar-refractivity contribution in [3.63, 3.8) is 0 Å². The lowest BCUT2D eigenvalue weighted by molar-refractivity contribution is -0.147. The third kappa shape index (κ3) is 2.44. The molecule has 4 rings (SSSR count). The van der Waals surface area contributed by atoms with E-state index < -0.39 is 6.04 Å². The van der Waals surface area contributed by atoms with Gasteiger partial charge in [0.15, 0.2) is 0 Å². The lowest BCUT2D eigenvalue weighted by Gasteiger charge is -2.37. The van der Waals surface area contributed by atoms with E-state index in [0.29, 0.717) is 13.0 Å². The third-order valence-electron chi connectivity index (χ3n) is 4.40. The molecule has 0 bridgehead atoms. The number of benzene rings is 2. The second-order valence-electron chi connectivity index (χ2n) is 5.88. The molecule has 120 valence electrons. The van der Waals surface area contributed by atoms with Crippen molar-refractivity contribution in [1.29, 1.82) is 0 Å². The highest BCUT2D eigenvalue weighted by Crippen LogP contribution is 2.32. The first-order chi connectivity index (χ1) is 11.7. The van der Waals surface area contributed by atoms with Crippen LogP contribution in [0.2, 0.25) is 0 Å². The van der Waals surface area contributed by atoms with E-state index in [1.54, 1.807) is 4.90 Å². The van der Waals surface area contributed by atoms with Crippen LogP contribution in [0.25, 0.3) is 10.9 Å². The number of likely N-dealkylation sites (tertiary alicyclic amines) is 1. The van der Waals surface area contributed by atoms with Crippen LogP contribution in [0, 0.1) is 0 Å². The maximum Gasteiger partial charge on any atom is 0.251 e. The highest BCUT2D eigenvalue weighted by Gasteiger charge is 2.37. The van der Waals surface area contributed by atoms with E-state index in [2.05, 4.69) is 10.3 Å². The Hall–Kier alpha value is -3.08. The molecule has 2 amide bonds. The molecule has 1 saturated heterocycles. The van der Waals surface area contributed by atoms with Gasteiger partial charge in [0, 0.05) is 41.3 Å². The summed E-state index contributed by atoms with van der Waals surface area (Å²) in [7, 11) is 0. The van der Waals surface area contributed by atoms with Crippen LogP contribution in [0.3, 0.4) is 0 Å². The van der Waals surface area contributed by atoms with Crippen LogP contribution in [-0.2, 0) is 9.59 Å². The lowest BCUT2D eigenvalue weighted by atomic mass is 9.99. The molecular formula is C19H17N3O2. The van der Waals surface area contributed by atoms with E-state index >= 15 is 0 Å². The van der Waals surface area contributed by atoms with Crippen LogP contribution in [0.1, 0.15) is 18.0 Å². The molecule has 1 atom stereocenters. The standard InChI is InChI=1S/C19H17N3O2/c23-17-10-11-22(17)18(19(24)21-13-6-2-1-3-7-13)15-12-20-16-9-5-4-8-14(15)16/h1-9,12,18,20H,10-11H2,(H,21,24). The predicted molar refractivity (Wildman–Crippen MR) is 92.4 cm³/mol. The van der Waals surface area contributed by atoms with Gasteiger partial charge < -0.3 is 15.2 Å². The fourth-order valence-electron chi connectivity index (χ4n) is 3.11. The van der Waals surface area contributed by atoms with Crippen molar-refractivity contribution in [1.82, 2.24) is 9.88 Å². The zero-order valence-corrected chi connectivity index (χ0v) is 13.0. The molecule has 1 aliphatic heterocycles. The zero-order chi connectivity index (χ0) is 16.5. The molecule has 0 radical (unpaired) electrons. The van der Waals surface area contributed by atoms with Crippen LogP contribution < -0.4 is 5.32 Å². The number of hydrogen-bond acceptors (Lipinski definition) is 2. The first kappa shape index (κ1) is 14.5. The topological polar surface area (TPSA) is 65.2 Å². The average molecular weight is 319 g/mol. The Bertz CT molecular complexity index is 901. The second kappa shape index (κ2) is 5.85. The molecule has 5 heteroatoms. The van der Waals surface area contributed by atoms with Crippen molar-refractivity contribution < 1.29 is 9.59 Å². The molecule has 0 saturated carbocycles. The number of amides is 2. The second-order valence-corrected chi connectivity index (χ2v) is 5.88. The van der Waals surface area contributed by atoms with Crippen molar-refractivity contribution in [2.24, 2.45) is 0 Å². The molecular weight excluding hydrogens is 302 g/mol. The van der Waals surface area contributed by atoms with Crippen LogP contribution in [0.4, 0.5) is 5.69 Å². The van der Waals surface area contributed by atoms with Crippen LogP contribution in [0.5, 0.6) is 0 Å². The van der Waals surface area contributed by atoms with Crippen molar-refractivity contribution >= 4 is 28.4 Å². The number of rotatable bonds is 4. The summed E-state index contributed by atoms with van der Waals surface area (Å²) in [4.78, 5) is 29.7. The normalized spacial score (nSPS) is 15.2. The summed E-state index contributed by atoms with van der Waals surface area (Å²) in [6.45, 7) is 0.602. The SMILES string of the molecule is O=C(Nc1ccccc1)C(c1c[nH]c2ccccc12)N1CCC1=O. The van der Waals surface area contributed by atoms with E-state index in [9.17, 15) is 9.59 Å². The first-order valence-corrected chi connectivity index (χ1v) is 7.95. The minimum atomic E-state index is -0.623. The summed E-state index contributed by atoms with van der Waals surface area (Å²) >= 11 is 0. The Morgan fingerprint density at radius 3 is 2.54 bits per heavy atom. The van der Waals surface area contributed by atoms with Crippen molar-refractivity contribution in [3.8, 4) is 0 Å². The summed E-state index contributed by atoms with van der Waals surface area (Å²) < 4.78 is 0. The number of nitrogens with one attached hydrogen (secondary N) is 2. The summed E-state index contributed by atoms with van der Waals surface area (Å²) in [6, 6.07) is 16.5. The molecule has 1 unspecified atom stereocenters. The summed E-state index contributed by atoms with van der Waals surface area (Å²) in [5, 5.41) is 3.88. The van der Waals surface area contributed by atoms with Gasteiger partial charge >= 0.3 is 0 Å². The molecule has 5 nitrogen and oxygen atoms in total. The third-order valence-corrected chi connectivity index (χ3v) is 4.40. The van der Waals surface area contributed by atoms with Gasteiger partial charge in [0.25, 0.3) is 5.91 Å². The summed E-state index contributed by atoms with van der Waals surface area (Å²) in [5.74, 6) is -0.188. The number of carbonyl (C=O) groups is 2. The monoisotopic (exact) mass is 319 g/mol. The fourth-order valence-corrected chi connectivity index (χ4v) is 3.11. The van der Waals surface area contributed by atoms with Crippen molar-refractivity contribution in [3.05, 3.63) is 66.4 Å². The van der Waals surface area contributed by atoms with Gasteiger partial charge in [0.1, 0.15) is 6.04 Å². The lowest BCUT2D eigenvalue weighted by Crippen LogP contribution is -2.49. The first-order valence-electron chi connectivity index (χ1n) is 7.95. The number of nitrogens with zero attached hydrogens (tertiary/aromatic N) is 1. The fraction of sp³-hybridized carbons (Fsp3) is 0.158. The number of β-lactam (4-membered cyclic amide) rings is 1. The summed E-state index contributed by atoms with van der Waals surface area (Å²) in [6.07, 6.45) is 2.32. The van der Waals surface area contributed by atoms with Gasteiger partial charge in [-0.05, 0) is 18.2 Å². The molecule has 1 fully saturated rings. The average Bonchev–Trinajstić information content (AvgIpc) is 3.02. The molecule has 24 heavy (non-hydrogen) atoms. The number of hydrogen-bond donors (Lipinski definition) is 2. The van der Waals surface area contributed by atoms with E-state index in [0.717, 1.165) is 22.2 Å². The van der Waals surface area contributed by atoms with E-state index in [1.165, 1.54) is 0 Å². The highest BCUT2D eigenvalue weighted by molar-refractivity contribution is 6.01. The van der Waals surface area contributed by atoms with Crippen LogP contribution in [-0.4, -0.2) is 28.2 Å². The van der Waals surface area contributed by atoms with Crippen LogP contribution >= 0.6 is 0 Å². The van der Waals surface area contributed by atoms with Gasteiger partial charge in [-0.1, -0.05) is 36.4 Å². The molecule has 1 aromatic heterocycles. The number of H-pyrrole nitrogens is 1. The molecule has 0 spiro atoms. The van der Waals surface area contributed by atoms with Gasteiger partial charge in [0.2, 0.25) is 5.91 Å². The van der Waals surface area contributed by atoms with Gasteiger partial charge in [-0.3, -0.25) is 9.59 Å². The molecule has 2 aromatic carbocycles. The Morgan fingerprint density at radius 2 is 1.83 bits per heavy atom. The van der Waals surface area contributed by atoms with Gasteiger partial charge in [-0.25, -0.2) is 0 Å². The van der Waals surface area contributed by atoms with Crippen molar-refractivity contribution in [2.75, 3.05) is 11.9 Å². The highest BCUT2D eigenvalue weighted by atomic mass is 16.2. The molecule has 2 N–H and O–H groups in total. The van der Waals surface area contributed by atoms with Crippen molar-refractivity contribution in [2.45, 2.75) is 12.5 Å². The minimum Gasteiger partial charge on any atom is -0.361 e. The number of aromatic amines is 1. The number of anilines is 1. The number of fused-ring (bicyclic) bond motifs is 1. The predicted octanol–water partition coefficient (Wildman–Crippen LogP) is 3.08. The Kier molecular flexibility index (Phi) is 3.54. The number of para-hydroxylation sites is 2. The molecule has 3 aromatic rings. The molecule has 2 heterocycles. The van der Waals surface area contributed by atoms with Crippen LogP contribution in [0.15, 0.2) is 60.8 Å². The molecule has 0 aliphatic carbocycles. The summed E-state index contributed by atoms with van der Waals surface area (Å²) in [5.41, 5.74) is 2.50. The van der Waals surface area contributed by atoms with E-state index in [4.69, 9.17) is 0 Å². The largest absolute Gasteiger partial charge is 0.361 e. The van der Waals surface area contributed by atoms with E-state index in [1.807, 2.05) is 60.8 Å². The molecule has 1 aliphatic rings. The Morgan fingerprint density at radius 1 is 1.08 bits per heavy atom. The van der Waals surface area contributed by atoms with Gasteiger partial charge in [0.05, 0.1) is 0 Å². The zero-order valence-electron chi connectivity index (χ0n) is 13.0. The smallest absolute Gasteiger partial charge is 0.251 e. The number of aromatic nitrogens is 1. The van der Waals surface area contributed by atoms with E-state index in [-0.39, 0.29) is 11.8 Å².